The third-order valence-corrected chi connectivity index (χ3v) is 7.57. The smallest absolute Gasteiger partial charge is 0.321 e. The number of esters is 1. The maximum absolute atomic E-state index is 12.6. The lowest BCUT2D eigenvalue weighted by atomic mass is 9.84. The zero-order chi connectivity index (χ0) is 22.4. The molecule has 0 atom stereocenters. The molecule has 0 bridgehead atoms. The highest BCUT2D eigenvalue weighted by molar-refractivity contribution is 7.89. The van der Waals surface area contributed by atoms with Crippen molar-refractivity contribution in [2.45, 2.75) is 49.8 Å². The molecule has 6 nitrogen and oxygen atoms in total. The number of carbonyl (C=O) groups excluding carboxylic acids is 2. The van der Waals surface area contributed by atoms with Gasteiger partial charge in [-0.25, -0.2) is 8.42 Å². The van der Waals surface area contributed by atoms with E-state index in [1.165, 1.54) is 56.8 Å². The quantitative estimate of drug-likeness (QED) is 0.453. The zero-order valence-electron chi connectivity index (χ0n) is 18.0. The molecule has 0 saturated heterocycles. The molecule has 1 aliphatic carbocycles. The number of aryl methyl sites for hydroxylation is 1. The van der Waals surface area contributed by atoms with Crippen molar-refractivity contribution in [2.75, 3.05) is 20.2 Å². The molecule has 0 heterocycles. The van der Waals surface area contributed by atoms with Gasteiger partial charge in [0.2, 0.25) is 10.0 Å². The second-order valence-electron chi connectivity index (χ2n) is 8.11. The van der Waals surface area contributed by atoms with Crippen molar-refractivity contribution in [2.24, 2.45) is 0 Å². The molecule has 1 fully saturated rings. The van der Waals surface area contributed by atoms with E-state index in [9.17, 15) is 18.0 Å². The van der Waals surface area contributed by atoms with Gasteiger partial charge in [0.05, 0.1) is 4.90 Å². The summed E-state index contributed by atoms with van der Waals surface area (Å²) < 4.78 is 31.1. The number of ether oxygens (including phenoxy) is 1. The van der Waals surface area contributed by atoms with E-state index in [0.29, 0.717) is 11.5 Å². The lowest BCUT2D eigenvalue weighted by Gasteiger charge is -2.22. The number of Topliss-reactive ketones (excluding diaryl/α,β-unsaturated/α-hetero) is 1. The average Bonchev–Trinajstić information content (AvgIpc) is 2.78. The molecule has 1 aliphatic rings. The highest BCUT2D eigenvalue weighted by atomic mass is 32.2. The van der Waals surface area contributed by atoms with Gasteiger partial charge >= 0.3 is 5.97 Å². The Kier molecular flexibility index (Phi) is 7.62. The molecule has 0 radical (unpaired) electrons. The lowest BCUT2D eigenvalue weighted by Crippen LogP contribution is -2.33. The highest BCUT2D eigenvalue weighted by Crippen LogP contribution is 2.32. The summed E-state index contributed by atoms with van der Waals surface area (Å²) in [6, 6.07) is 13.9. The van der Waals surface area contributed by atoms with Crippen LogP contribution in [0.1, 0.15) is 59.5 Å². The molecule has 2 aromatic rings. The fourth-order valence-corrected chi connectivity index (χ4v) is 4.92. The third kappa shape index (κ3) is 6.02. The molecule has 0 N–H and O–H groups in total. The molecule has 0 aromatic heterocycles. The van der Waals surface area contributed by atoms with E-state index in [-0.39, 0.29) is 10.7 Å². The van der Waals surface area contributed by atoms with E-state index in [0.717, 1.165) is 9.87 Å². The minimum absolute atomic E-state index is 0.0996. The number of carbonyl (C=O) groups is 2. The minimum Gasteiger partial charge on any atom is -0.456 e. The molecule has 2 aromatic carbocycles. The van der Waals surface area contributed by atoms with E-state index in [1.807, 2.05) is 19.1 Å². The monoisotopic (exact) mass is 443 g/mol. The number of hydrogen-bond donors (Lipinski definition) is 0. The van der Waals surface area contributed by atoms with Crippen molar-refractivity contribution in [1.29, 1.82) is 0 Å². The van der Waals surface area contributed by atoms with Crippen molar-refractivity contribution < 1.29 is 22.7 Å². The second kappa shape index (κ2) is 10.2. The molecular formula is C24H29NO5S. The standard InChI is InChI=1S/C24H29NO5S/c1-18-8-14-22(15-9-18)31(28,29)25(2)16-24(27)30-17-23(26)21-12-10-20(11-13-21)19-6-4-3-5-7-19/h8-15,19H,3-7,16-17H2,1-2H3. The predicted molar refractivity (Wildman–Crippen MR) is 119 cm³/mol. The van der Waals surface area contributed by atoms with Crippen LogP contribution < -0.4 is 0 Å². The molecular weight excluding hydrogens is 414 g/mol. The minimum atomic E-state index is -3.81. The van der Waals surface area contributed by atoms with Crippen LogP contribution in [0.25, 0.3) is 0 Å². The molecule has 1 saturated carbocycles. The van der Waals surface area contributed by atoms with Crippen molar-refractivity contribution in [3.05, 3.63) is 65.2 Å². The lowest BCUT2D eigenvalue weighted by molar-refractivity contribution is -0.142. The summed E-state index contributed by atoms with van der Waals surface area (Å²) >= 11 is 0. The first kappa shape index (κ1) is 23.2. The van der Waals surface area contributed by atoms with Crippen LogP contribution >= 0.6 is 0 Å². The van der Waals surface area contributed by atoms with Gasteiger partial charge in [-0.15, -0.1) is 0 Å². The zero-order valence-corrected chi connectivity index (χ0v) is 18.9. The van der Waals surface area contributed by atoms with Gasteiger partial charge in [0.1, 0.15) is 6.54 Å². The van der Waals surface area contributed by atoms with Gasteiger partial charge in [-0.05, 0) is 43.4 Å². The summed E-state index contributed by atoms with van der Waals surface area (Å²) in [5.41, 5.74) is 2.66. The molecule has 7 heteroatoms. The maximum Gasteiger partial charge on any atom is 0.321 e. The Balaban J connectivity index is 1.51. The summed E-state index contributed by atoms with van der Waals surface area (Å²) in [6.45, 7) is 0.974. The van der Waals surface area contributed by atoms with Gasteiger partial charge < -0.3 is 4.74 Å². The van der Waals surface area contributed by atoms with Gasteiger partial charge in [0.15, 0.2) is 12.4 Å². The van der Waals surface area contributed by atoms with Gasteiger partial charge in [-0.3, -0.25) is 9.59 Å². The fourth-order valence-electron chi connectivity index (χ4n) is 3.81. The van der Waals surface area contributed by atoms with Gasteiger partial charge in [0.25, 0.3) is 0 Å². The maximum atomic E-state index is 12.6. The molecule has 166 valence electrons. The van der Waals surface area contributed by atoms with Crippen molar-refractivity contribution in [3.63, 3.8) is 0 Å². The van der Waals surface area contributed by atoms with E-state index in [1.54, 1.807) is 24.3 Å². The van der Waals surface area contributed by atoms with E-state index in [4.69, 9.17) is 4.74 Å². The van der Waals surface area contributed by atoms with Crippen LogP contribution in [0, 0.1) is 6.92 Å². The van der Waals surface area contributed by atoms with E-state index < -0.39 is 29.1 Å². The average molecular weight is 444 g/mol. The molecule has 31 heavy (non-hydrogen) atoms. The summed E-state index contributed by atoms with van der Waals surface area (Å²) in [6.07, 6.45) is 6.15. The third-order valence-electron chi connectivity index (χ3n) is 5.75. The summed E-state index contributed by atoms with van der Waals surface area (Å²) in [5.74, 6) is -0.528. The van der Waals surface area contributed by atoms with Gasteiger partial charge in [0, 0.05) is 12.6 Å². The normalized spacial score (nSPS) is 15.1. The molecule has 0 aliphatic heterocycles. The first-order valence-corrected chi connectivity index (χ1v) is 12.0. The van der Waals surface area contributed by atoms with E-state index >= 15 is 0 Å². The van der Waals surface area contributed by atoms with Crippen LogP contribution in [0.3, 0.4) is 0 Å². The van der Waals surface area contributed by atoms with Crippen LogP contribution in [0.4, 0.5) is 0 Å². The number of sulfonamides is 1. The Hall–Kier alpha value is -2.51. The number of rotatable bonds is 8. The van der Waals surface area contributed by atoms with Crippen LogP contribution in [-0.2, 0) is 19.6 Å². The summed E-state index contributed by atoms with van der Waals surface area (Å²) in [5, 5.41) is 0. The number of benzene rings is 2. The highest BCUT2D eigenvalue weighted by Gasteiger charge is 2.24. The molecule has 0 amide bonds. The number of likely N-dealkylation sites (N-methyl/N-ethyl adjacent to an activating group) is 1. The van der Waals surface area contributed by atoms with Crippen LogP contribution in [0.15, 0.2) is 53.4 Å². The molecule has 0 unspecified atom stereocenters. The predicted octanol–water partition coefficient (Wildman–Crippen LogP) is 4.09. The van der Waals surface area contributed by atoms with Crippen molar-refractivity contribution >= 4 is 21.8 Å². The Morgan fingerprint density at radius 2 is 1.58 bits per heavy atom. The first-order valence-electron chi connectivity index (χ1n) is 10.6. The molecule has 0 spiro atoms. The topological polar surface area (TPSA) is 80.8 Å². The Morgan fingerprint density at radius 3 is 2.19 bits per heavy atom. The van der Waals surface area contributed by atoms with Gasteiger partial charge in [-0.1, -0.05) is 61.2 Å². The largest absolute Gasteiger partial charge is 0.456 e. The first-order chi connectivity index (χ1) is 14.8. The summed E-state index contributed by atoms with van der Waals surface area (Å²) in [4.78, 5) is 24.6. The SMILES string of the molecule is Cc1ccc(S(=O)(=O)N(C)CC(=O)OCC(=O)c2ccc(C3CCCCC3)cc2)cc1. The Morgan fingerprint density at radius 1 is 0.968 bits per heavy atom. The number of nitrogens with zero attached hydrogens (tertiary/aromatic N) is 1. The Bertz CT molecular complexity index is 1010. The summed E-state index contributed by atoms with van der Waals surface area (Å²) in [7, 11) is -2.50. The van der Waals surface area contributed by atoms with Gasteiger partial charge in [-0.2, -0.15) is 4.31 Å². The van der Waals surface area contributed by atoms with Crippen LogP contribution in [0.5, 0.6) is 0 Å². The van der Waals surface area contributed by atoms with Crippen LogP contribution in [-0.4, -0.2) is 44.7 Å². The second-order valence-corrected chi connectivity index (χ2v) is 10.2. The van der Waals surface area contributed by atoms with Crippen molar-refractivity contribution in [1.82, 2.24) is 4.31 Å². The van der Waals surface area contributed by atoms with Crippen molar-refractivity contribution in [3.8, 4) is 0 Å². The van der Waals surface area contributed by atoms with Crippen LogP contribution in [0.2, 0.25) is 0 Å². The number of ketones is 1. The Labute approximate surface area is 184 Å². The molecule has 3 rings (SSSR count). The number of hydrogen-bond acceptors (Lipinski definition) is 5. The van der Waals surface area contributed by atoms with E-state index in [2.05, 4.69) is 0 Å². The fraction of sp³-hybridized carbons (Fsp3) is 0.417.